The molecule has 0 atom stereocenters. The highest BCUT2D eigenvalue weighted by atomic mass is 16.5. The number of rotatable bonds is 5. The first kappa shape index (κ1) is 16.3. The van der Waals surface area contributed by atoms with Crippen LogP contribution >= 0.6 is 0 Å². The molecule has 0 unspecified atom stereocenters. The molecule has 2 heterocycles. The summed E-state index contributed by atoms with van der Waals surface area (Å²) in [5, 5.41) is 0. The highest BCUT2D eigenvalue weighted by Crippen LogP contribution is 2.13. The van der Waals surface area contributed by atoms with E-state index in [1.54, 1.807) is 19.4 Å². The first-order chi connectivity index (χ1) is 11.7. The van der Waals surface area contributed by atoms with Gasteiger partial charge in [0.1, 0.15) is 11.5 Å². The lowest BCUT2D eigenvalue weighted by molar-refractivity contribution is -0.127. The number of nitrogens with zero attached hydrogens (tertiary/aromatic N) is 2. The summed E-state index contributed by atoms with van der Waals surface area (Å²) in [6.45, 7) is 4.02. The molecule has 3 rings (SSSR count). The number of methoxy groups -OCH3 is 1. The van der Waals surface area contributed by atoms with Crippen molar-refractivity contribution in [2.75, 3.05) is 33.3 Å². The topological polar surface area (TPSA) is 45.9 Å². The second-order valence-corrected chi connectivity index (χ2v) is 5.79. The molecule has 5 nitrogen and oxygen atoms in total. The van der Waals surface area contributed by atoms with Crippen molar-refractivity contribution in [3.63, 3.8) is 0 Å². The molecular formula is C19H22N2O3. The molecule has 0 saturated carbocycles. The van der Waals surface area contributed by atoms with Gasteiger partial charge in [-0.15, -0.1) is 0 Å². The summed E-state index contributed by atoms with van der Waals surface area (Å²) >= 11 is 0. The summed E-state index contributed by atoms with van der Waals surface area (Å²) in [4.78, 5) is 16.5. The predicted molar refractivity (Wildman–Crippen MR) is 92.6 cm³/mol. The van der Waals surface area contributed by atoms with Gasteiger partial charge in [-0.25, -0.2) is 0 Å². The second-order valence-electron chi connectivity index (χ2n) is 5.79. The molecule has 1 aliphatic rings. The number of amides is 1. The SMILES string of the molecule is COc1ccc(/C=C/C(=O)N2CCN(Cc3ccco3)CC2)cc1. The molecule has 1 aromatic heterocycles. The molecule has 0 radical (unpaired) electrons. The maximum absolute atomic E-state index is 12.3. The van der Waals surface area contributed by atoms with Crippen molar-refractivity contribution in [1.82, 2.24) is 9.80 Å². The van der Waals surface area contributed by atoms with Crippen LogP contribution in [-0.4, -0.2) is 49.0 Å². The Bertz CT molecular complexity index is 669. The van der Waals surface area contributed by atoms with Gasteiger partial charge in [0, 0.05) is 32.3 Å². The molecule has 1 saturated heterocycles. The summed E-state index contributed by atoms with van der Waals surface area (Å²) in [7, 11) is 1.64. The van der Waals surface area contributed by atoms with Gasteiger partial charge in [0.05, 0.1) is 19.9 Å². The number of benzene rings is 1. The molecule has 0 aliphatic carbocycles. The Morgan fingerprint density at radius 1 is 1.17 bits per heavy atom. The molecule has 1 aliphatic heterocycles. The lowest BCUT2D eigenvalue weighted by atomic mass is 10.2. The van der Waals surface area contributed by atoms with Gasteiger partial charge in [-0.05, 0) is 35.9 Å². The van der Waals surface area contributed by atoms with E-state index >= 15 is 0 Å². The van der Waals surface area contributed by atoms with Gasteiger partial charge < -0.3 is 14.1 Å². The van der Waals surface area contributed by atoms with Crippen LogP contribution in [0.4, 0.5) is 0 Å². The summed E-state index contributed by atoms with van der Waals surface area (Å²) in [6, 6.07) is 11.5. The molecule has 1 amide bonds. The van der Waals surface area contributed by atoms with E-state index in [4.69, 9.17) is 9.15 Å². The van der Waals surface area contributed by atoms with Gasteiger partial charge in [-0.2, -0.15) is 0 Å². The van der Waals surface area contributed by atoms with Crippen molar-refractivity contribution in [3.05, 3.63) is 60.1 Å². The third-order valence-corrected chi connectivity index (χ3v) is 4.18. The molecule has 126 valence electrons. The first-order valence-electron chi connectivity index (χ1n) is 8.10. The van der Waals surface area contributed by atoms with Crippen molar-refractivity contribution in [1.29, 1.82) is 0 Å². The molecule has 2 aromatic rings. The van der Waals surface area contributed by atoms with Crippen molar-refractivity contribution in [2.24, 2.45) is 0 Å². The fraction of sp³-hybridized carbons (Fsp3) is 0.316. The molecule has 1 fully saturated rings. The standard InChI is InChI=1S/C19H22N2O3/c1-23-17-7-4-16(5-8-17)6-9-19(22)21-12-10-20(11-13-21)15-18-3-2-14-24-18/h2-9,14H,10-13,15H2,1H3/b9-6+. The van der Waals surface area contributed by atoms with Gasteiger partial charge in [0.15, 0.2) is 0 Å². The fourth-order valence-corrected chi connectivity index (χ4v) is 2.74. The highest BCUT2D eigenvalue weighted by molar-refractivity contribution is 5.91. The molecule has 0 bridgehead atoms. The third-order valence-electron chi connectivity index (χ3n) is 4.18. The number of piperazine rings is 1. The van der Waals surface area contributed by atoms with E-state index in [0.717, 1.165) is 49.8 Å². The van der Waals surface area contributed by atoms with Crippen molar-refractivity contribution >= 4 is 12.0 Å². The Kier molecular flexibility index (Phi) is 5.33. The number of carbonyl (C=O) groups is 1. The van der Waals surface area contributed by atoms with E-state index < -0.39 is 0 Å². The Hall–Kier alpha value is -2.53. The van der Waals surface area contributed by atoms with Crippen LogP contribution in [0, 0.1) is 0 Å². The smallest absolute Gasteiger partial charge is 0.246 e. The van der Waals surface area contributed by atoms with Gasteiger partial charge in [0.2, 0.25) is 5.91 Å². The van der Waals surface area contributed by atoms with Gasteiger partial charge in [-0.1, -0.05) is 12.1 Å². The maximum atomic E-state index is 12.3. The van der Waals surface area contributed by atoms with Crippen LogP contribution in [0.25, 0.3) is 6.08 Å². The van der Waals surface area contributed by atoms with E-state index in [-0.39, 0.29) is 5.91 Å². The van der Waals surface area contributed by atoms with Crippen LogP contribution in [0.2, 0.25) is 0 Å². The summed E-state index contributed by atoms with van der Waals surface area (Å²) in [5.74, 6) is 1.84. The quantitative estimate of drug-likeness (QED) is 0.793. The fourth-order valence-electron chi connectivity index (χ4n) is 2.74. The van der Waals surface area contributed by atoms with E-state index in [0.29, 0.717) is 0 Å². The predicted octanol–water partition coefficient (Wildman–Crippen LogP) is 2.65. The largest absolute Gasteiger partial charge is 0.497 e. The number of hydrogen-bond acceptors (Lipinski definition) is 4. The Balaban J connectivity index is 1.48. The molecule has 24 heavy (non-hydrogen) atoms. The van der Waals surface area contributed by atoms with Crippen molar-refractivity contribution in [2.45, 2.75) is 6.54 Å². The van der Waals surface area contributed by atoms with E-state index in [1.807, 2.05) is 47.4 Å². The zero-order chi connectivity index (χ0) is 16.8. The Labute approximate surface area is 142 Å². The Morgan fingerprint density at radius 2 is 1.92 bits per heavy atom. The first-order valence-corrected chi connectivity index (χ1v) is 8.10. The minimum Gasteiger partial charge on any atom is -0.497 e. The zero-order valence-electron chi connectivity index (χ0n) is 13.9. The minimum atomic E-state index is 0.0588. The van der Waals surface area contributed by atoms with Gasteiger partial charge >= 0.3 is 0 Å². The van der Waals surface area contributed by atoms with Crippen LogP contribution < -0.4 is 4.74 Å². The highest BCUT2D eigenvalue weighted by Gasteiger charge is 2.20. The Morgan fingerprint density at radius 3 is 2.54 bits per heavy atom. The van der Waals surface area contributed by atoms with E-state index in [1.165, 1.54) is 0 Å². The number of carbonyl (C=O) groups excluding carboxylic acids is 1. The monoisotopic (exact) mass is 326 g/mol. The average molecular weight is 326 g/mol. The number of ether oxygens (including phenoxy) is 1. The second kappa shape index (κ2) is 7.84. The minimum absolute atomic E-state index is 0.0588. The zero-order valence-corrected chi connectivity index (χ0v) is 13.9. The van der Waals surface area contributed by atoms with E-state index in [9.17, 15) is 4.79 Å². The molecule has 1 aromatic carbocycles. The van der Waals surface area contributed by atoms with Crippen LogP contribution in [-0.2, 0) is 11.3 Å². The molecule has 0 N–H and O–H groups in total. The van der Waals surface area contributed by atoms with Crippen molar-refractivity contribution < 1.29 is 13.9 Å². The summed E-state index contributed by atoms with van der Waals surface area (Å²) in [6.07, 6.45) is 5.18. The molecule has 5 heteroatoms. The summed E-state index contributed by atoms with van der Waals surface area (Å²) < 4.78 is 10.5. The lowest BCUT2D eigenvalue weighted by Gasteiger charge is -2.33. The van der Waals surface area contributed by atoms with Crippen LogP contribution in [0.15, 0.2) is 53.2 Å². The molecule has 0 spiro atoms. The van der Waals surface area contributed by atoms with Crippen molar-refractivity contribution in [3.8, 4) is 5.75 Å². The van der Waals surface area contributed by atoms with E-state index in [2.05, 4.69) is 4.90 Å². The average Bonchev–Trinajstić information content (AvgIpc) is 3.14. The van der Waals surface area contributed by atoms with Gasteiger partial charge in [0.25, 0.3) is 0 Å². The van der Waals surface area contributed by atoms with Crippen LogP contribution in [0.3, 0.4) is 0 Å². The third kappa shape index (κ3) is 4.26. The maximum Gasteiger partial charge on any atom is 0.246 e. The van der Waals surface area contributed by atoms with Gasteiger partial charge in [-0.3, -0.25) is 9.69 Å². The van der Waals surface area contributed by atoms with Crippen LogP contribution in [0.5, 0.6) is 5.75 Å². The normalized spacial score (nSPS) is 15.8. The number of furan rings is 1. The number of hydrogen-bond donors (Lipinski definition) is 0. The molecular weight excluding hydrogens is 304 g/mol. The summed E-state index contributed by atoms with van der Waals surface area (Å²) in [5.41, 5.74) is 0.987. The lowest BCUT2D eigenvalue weighted by Crippen LogP contribution is -2.47. The van der Waals surface area contributed by atoms with Crippen LogP contribution in [0.1, 0.15) is 11.3 Å².